The molecule has 0 saturated heterocycles. The molecule has 0 aromatic heterocycles. The van der Waals surface area contributed by atoms with Gasteiger partial charge in [-0.2, -0.15) is 0 Å². The molecule has 0 amide bonds. The number of hydrogen-bond acceptors (Lipinski definition) is 2. The molecule has 106 valence electrons. The lowest BCUT2D eigenvalue weighted by atomic mass is 10.00. The van der Waals surface area contributed by atoms with E-state index in [-0.39, 0.29) is 0 Å². The largest absolute Gasteiger partial charge is 0.328 e. The Morgan fingerprint density at radius 3 is 1.72 bits per heavy atom. The van der Waals surface area contributed by atoms with Gasteiger partial charge < -0.3 is 4.52 Å². The Morgan fingerprint density at radius 2 is 1.33 bits per heavy atom. The summed E-state index contributed by atoms with van der Waals surface area (Å²) in [5.74, 6) is 0. The van der Waals surface area contributed by atoms with Crippen molar-refractivity contribution in [2.24, 2.45) is 0 Å². The van der Waals surface area contributed by atoms with Crippen LogP contribution in [0.15, 0.2) is 0 Å². The highest BCUT2D eigenvalue weighted by molar-refractivity contribution is 7.60. The van der Waals surface area contributed by atoms with Crippen molar-refractivity contribution in [3.8, 4) is 0 Å². The SMILES string of the molecule is CCCOP(=O)(C1CCCCC1)C1CCCCC1. The second-order valence-electron chi connectivity index (χ2n) is 6.06. The first kappa shape index (κ1) is 14.6. The Hall–Kier alpha value is 0.190. The molecular weight excluding hydrogens is 243 g/mol. The summed E-state index contributed by atoms with van der Waals surface area (Å²) in [4.78, 5) is 0. The molecule has 2 aliphatic carbocycles. The highest BCUT2D eigenvalue weighted by Gasteiger charge is 2.42. The van der Waals surface area contributed by atoms with Gasteiger partial charge in [-0.05, 0) is 32.1 Å². The monoisotopic (exact) mass is 272 g/mol. The Morgan fingerprint density at radius 1 is 0.889 bits per heavy atom. The van der Waals surface area contributed by atoms with Crippen molar-refractivity contribution in [1.82, 2.24) is 0 Å². The molecule has 18 heavy (non-hydrogen) atoms. The average molecular weight is 272 g/mol. The molecule has 2 saturated carbocycles. The average Bonchev–Trinajstić information content (AvgIpc) is 2.46. The first-order chi connectivity index (χ1) is 8.77. The Bertz CT molecular complexity index is 256. The summed E-state index contributed by atoms with van der Waals surface area (Å²) in [6.45, 7) is 2.82. The van der Waals surface area contributed by atoms with Crippen molar-refractivity contribution in [1.29, 1.82) is 0 Å². The van der Waals surface area contributed by atoms with Crippen LogP contribution < -0.4 is 0 Å². The van der Waals surface area contributed by atoms with Gasteiger partial charge in [0.05, 0.1) is 6.61 Å². The molecule has 0 spiro atoms. The van der Waals surface area contributed by atoms with Crippen LogP contribution in [-0.4, -0.2) is 17.9 Å². The van der Waals surface area contributed by atoms with Crippen LogP contribution in [0.4, 0.5) is 0 Å². The third-order valence-electron chi connectivity index (χ3n) is 4.66. The van der Waals surface area contributed by atoms with Gasteiger partial charge >= 0.3 is 0 Å². The highest BCUT2D eigenvalue weighted by atomic mass is 31.2. The smallest absolute Gasteiger partial charge is 0.209 e. The maximum atomic E-state index is 13.5. The summed E-state index contributed by atoms with van der Waals surface area (Å²) in [5, 5.41) is 0. The molecule has 0 heterocycles. The fraction of sp³-hybridized carbons (Fsp3) is 1.00. The van der Waals surface area contributed by atoms with E-state index < -0.39 is 7.37 Å². The molecule has 0 aromatic rings. The van der Waals surface area contributed by atoms with Crippen LogP contribution in [0.1, 0.15) is 77.6 Å². The van der Waals surface area contributed by atoms with Crippen LogP contribution in [0.5, 0.6) is 0 Å². The minimum Gasteiger partial charge on any atom is -0.328 e. The predicted molar refractivity (Wildman–Crippen MR) is 77.6 cm³/mol. The first-order valence-corrected chi connectivity index (χ1v) is 9.77. The maximum absolute atomic E-state index is 13.5. The van der Waals surface area contributed by atoms with Crippen LogP contribution in [0.3, 0.4) is 0 Å². The van der Waals surface area contributed by atoms with Crippen LogP contribution in [0, 0.1) is 0 Å². The summed E-state index contributed by atoms with van der Waals surface area (Å²) < 4.78 is 19.5. The third-order valence-corrected chi connectivity index (χ3v) is 8.32. The lowest BCUT2D eigenvalue weighted by molar-refractivity contribution is 0.282. The zero-order chi connectivity index (χ0) is 12.8. The van der Waals surface area contributed by atoms with E-state index in [1.807, 2.05) is 0 Å². The van der Waals surface area contributed by atoms with Gasteiger partial charge in [0.1, 0.15) is 0 Å². The molecule has 0 radical (unpaired) electrons. The molecule has 0 aromatic carbocycles. The first-order valence-electron chi connectivity index (χ1n) is 8.01. The van der Waals surface area contributed by atoms with E-state index >= 15 is 0 Å². The fourth-order valence-corrected chi connectivity index (χ4v) is 7.28. The number of rotatable bonds is 5. The van der Waals surface area contributed by atoms with Crippen LogP contribution >= 0.6 is 7.37 Å². The lowest BCUT2D eigenvalue weighted by Crippen LogP contribution is -2.25. The van der Waals surface area contributed by atoms with Crippen molar-refractivity contribution in [2.75, 3.05) is 6.61 Å². The second-order valence-corrected chi connectivity index (χ2v) is 9.07. The molecule has 2 fully saturated rings. The molecule has 0 bridgehead atoms. The zero-order valence-electron chi connectivity index (χ0n) is 11.9. The quantitative estimate of drug-likeness (QED) is 0.630. The molecule has 0 atom stereocenters. The molecule has 0 aliphatic heterocycles. The summed E-state index contributed by atoms with van der Waals surface area (Å²) in [7, 11) is -2.39. The van der Waals surface area contributed by atoms with E-state index in [0.717, 1.165) is 32.1 Å². The Kier molecular flexibility index (Phi) is 5.76. The van der Waals surface area contributed by atoms with Crippen molar-refractivity contribution >= 4 is 7.37 Å². The predicted octanol–water partition coefficient (Wildman–Crippen LogP) is 5.36. The Balaban J connectivity index is 2.07. The van der Waals surface area contributed by atoms with Gasteiger partial charge in [0.15, 0.2) is 0 Å². The zero-order valence-corrected chi connectivity index (χ0v) is 12.8. The third kappa shape index (κ3) is 3.39. The Labute approximate surface area is 112 Å². The van der Waals surface area contributed by atoms with Crippen molar-refractivity contribution < 1.29 is 9.09 Å². The molecular formula is C15H29O2P. The van der Waals surface area contributed by atoms with E-state index in [9.17, 15) is 4.57 Å². The van der Waals surface area contributed by atoms with Gasteiger partial charge in [-0.15, -0.1) is 0 Å². The summed E-state index contributed by atoms with van der Waals surface area (Å²) in [6.07, 6.45) is 13.3. The normalized spacial score (nSPS) is 24.3. The van der Waals surface area contributed by atoms with Crippen molar-refractivity contribution in [3.63, 3.8) is 0 Å². The van der Waals surface area contributed by atoms with E-state index in [0.29, 0.717) is 17.9 Å². The molecule has 2 rings (SSSR count). The van der Waals surface area contributed by atoms with E-state index in [1.165, 1.54) is 38.5 Å². The minimum atomic E-state index is -2.39. The second kappa shape index (κ2) is 7.10. The van der Waals surface area contributed by atoms with Gasteiger partial charge in [0.25, 0.3) is 0 Å². The van der Waals surface area contributed by atoms with E-state index in [4.69, 9.17) is 4.52 Å². The highest BCUT2D eigenvalue weighted by Crippen LogP contribution is 2.63. The number of hydrogen-bond donors (Lipinski definition) is 0. The summed E-state index contributed by atoms with van der Waals surface area (Å²) >= 11 is 0. The van der Waals surface area contributed by atoms with Gasteiger partial charge in [0.2, 0.25) is 7.37 Å². The maximum Gasteiger partial charge on any atom is 0.209 e. The standard InChI is InChI=1S/C15H29O2P/c1-2-13-17-18(16,14-9-5-3-6-10-14)15-11-7-4-8-12-15/h14-15H,2-13H2,1H3. The van der Waals surface area contributed by atoms with E-state index in [2.05, 4.69) is 6.92 Å². The van der Waals surface area contributed by atoms with Crippen molar-refractivity contribution in [3.05, 3.63) is 0 Å². The molecule has 3 heteroatoms. The molecule has 0 N–H and O–H groups in total. The summed E-state index contributed by atoms with van der Waals surface area (Å²) in [6, 6.07) is 0. The van der Waals surface area contributed by atoms with Gasteiger partial charge in [0, 0.05) is 11.3 Å². The van der Waals surface area contributed by atoms with Gasteiger partial charge in [-0.3, -0.25) is 4.57 Å². The van der Waals surface area contributed by atoms with Crippen LogP contribution in [-0.2, 0) is 9.09 Å². The van der Waals surface area contributed by atoms with Crippen LogP contribution in [0.2, 0.25) is 0 Å². The van der Waals surface area contributed by atoms with Gasteiger partial charge in [-0.1, -0.05) is 45.4 Å². The summed E-state index contributed by atoms with van der Waals surface area (Å²) in [5.41, 5.74) is 0.779. The van der Waals surface area contributed by atoms with Crippen molar-refractivity contribution in [2.45, 2.75) is 88.9 Å². The topological polar surface area (TPSA) is 26.3 Å². The minimum absolute atomic E-state index is 0.390. The molecule has 2 aliphatic rings. The lowest BCUT2D eigenvalue weighted by Gasteiger charge is -2.37. The van der Waals surface area contributed by atoms with Crippen LogP contribution in [0.25, 0.3) is 0 Å². The molecule has 0 unspecified atom stereocenters. The van der Waals surface area contributed by atoms with E-state index in [1.54, 1.807) is 0 Å². The fourth-order valence-electron chi connectivity index (χ4n) is 3.62. The molecule has 2 nitrogen and oxygen atoms in total. The van der Waals surface area contributed by atoms with Gasteiger partial charge in [-0.25, -0.2) is 0 Å².